The van der Waals surface area contributed by atoms with Gasteiger partial charge in [-0.25, -0.2) is 17.2 Å². The maximum absolute atomic E-state index is 14.8. The van der Waals surface area contributed by atoms with Gasteiger partial charge in [-0.2, -0.15) is 0 Å². The molecule has 37 heavy (non-hydrogen) atoms. The summed E-state index contributed by atoms with van der Waals surface area (Å²) in [6.07, 6.45) is 0. The Bertz CT molecular complexity index is 1520. The van der Waals surface area contributed by atoms with Gasteiger partial charge < -0.3 is 19.5 Å². The van der Waals surface area contributed by atoms with Gasteiger partial charge in [0.2, 0.25) is 0 Å². The van der Waals surface area contributed by atoms with Gasteiger partial charge in [-0.3, -0.25) is 14.3 Å². The van der Waals surface area contributed by atoms with Crippen LogP contribution in [0.25, 0.3) is 11.1 Å². The molecule has 13 heteroatoms. The average molecular weight is 553 g/mol. The molecule has 0 unspecified atom stereocenters. The Morgan fingerprint density at radius 3 is 2.62 bits per heavy atom. The molecule has 0 aromatic heterocycles. The number of esters is 1. The fourth-order valence-electron chi connectivity index (χ4n) is 3.67. The highest BCUT2D eigenvalue weighted by atomic mass is 35.5. The zero-order valence-corrected chi connectivity index (χ0v) is 20.7. The lowest BCUT2D eigenvalue weighted by Crippen LogP contribution is -2.39. The van der Waals surface area contributed by atoms with Gasteiger partial charge in [-0.05, 0) is 24.3 Å². The Labute approximate surface area is 215 Å². The SMILES string of the molecule is COC(=O)CN1CCOc2ccccc2-c2cc(c(F)cc2F)NS(=O)(=O)c2cc(cc(Cl)c2O)C1=O. The van der Waals surface area contributed by atoms with E-state index in [0.717, 1.165) is 30.2 Å². The van der Waals surface area contributed by atoms with Gasteiger partial charge in [0.25, 0.3) is 15.9 Å². The highest BCUT2D eigenvalue weighted by molar-refractivity contribution is 7.92. The molecule has 0 aliphatic carbocycles. The number of phenolic OH excluding ortho intramolecular Hbond substituents is 1. The number of sulfonamides is 1. The minimum atomic E-state index is -4.75. The smallest absolute Gasteiger partial charge is 0.325 e. The second kappa shape index (κ2) is 10.2. The van der Waals surface area contributed by atoms with Gasteiger partial charge in [0.1, 0.15) is 35.4 Å². The van der Waals surface area contributed by atoms with Crippen LogP contribution in [-0.2, 0) is 19.6 Å². The van der Waals surface area contributed by atoms with Gasteiger partial charge >= 0.3 is 5.97 Å². The van der Waals surface area contributed by atoms with Crippen molar-refractivity contribution >= 4 is 39.2 Å². The summed E-state index contributed by atoms with van der Waals surface area (Å²) >= 11 is 6.01. The van der Waals surface area contributed by atoms with E-state index in [9.17, 15) is 31.9 Å². The summed E-state index contributed by atoms with van der Waals surface area (Å²) in [5, 5.41) is 9.88. The molecule has 0 saturated carbocycles. The lowest BCUT2D eigenvalue weighted by Gasteiger charge is -2.22. The Morgan fingerprint density at radius 1 is 1.16 bits per heavy atom. The van der Waals surface area contributed by atoms with Crippen molar-refractivity contribution < 1.29 is 41.4 Å². The maximum atomic E-state index is 14.8. The summed E-state index contributed by atoms with van der Waals surface area (Å²) in [4.78, 5) is 25.4. The second-order valence-electron chi connectivity index (χ2n) is 7.87. The number of carbonyl (C=O) groups excluding carboxylic acids is 2. The number of methoxy groups -OCH3 is 1. The average Bonchev–Trinajstić information content (AvgIpc) is 2.85. The van der Waals surface area contributed by atoms with E-state index in [4.69, 9.17) is 16.3 Å². The number of fused-ring (bicyclic) bond motifs is 6. The number of para-hydroxylation sites is 1. The number of benzene rings is 3. The first kappa shape index (κ1) is 26.2. The van der Waals surface area contributed by atoms with Gasteiger partial charge in [0.05, 0.1) is 24.4 Å². The molecule has 3 aromatic carbocycles. The van der Waals surface area contributed by atoms with E-state index >= 15 is 0 Å². The van der Waals surface area contributed by atoms with E-state index in [1.54, 1.807) is 12.1 Å². The van der Waals surface area contributed by atoms with E-state index in [2.05, 4.69) is 4.74 Å². The fourth-order valence-corrected chi connectivity index (χ4v) is 5.15. The Hall–Kier alpha value is -3.90. The molecule has 0 radical (unpaired) electrons. The Morgan fingerprint density at radius 2 is 1.89 bits per heavy atom. The molecule has 1 amide bonds. The van der Waals surface area contributed by atoms with E-state index in [1.165, 1.54) is 12.1 Å². The number of hydrogen-bond acceptors (Lipinski definition) is 7. The number of nitrogens with one attached hydrogen (secondary N) is 1. The van der Waals surface area contributed by atoms with Crippen molar-refractivity contribution in [3.63, 3.8) is 0 Å². The maximum Gasteiger partial charge on any atom is 0.325 e. The van der Waals surface area contributed by atoms with Crippen molar-refractivity contribution in [2.45, 2.75) is 4.90 Å². The molecule has 1 aliphatic rings. The number of aromatic hydroxyl groups is 1. The molecule has 1 heterocycles. The number of anilines is 1. The third-order valence-corrected chi connectivity index (χ3v) is 7.16. The number of nitrogens with zero attached hydrogens (tertiary/aromatic N) is 1. The second-order valence-corrected chi connectivity index (χ2v) is 9.93. The zero-order valence-electron chi connectivity index (χ0n) is 19.1. The minimum Gasteiger partial charge on any atom is -0.505 e. The molecule has 4 bridgehead atoms. The molecule has 0 spiro atoms. The standard InChI is InChI=1S/C24H19ClF2N2O7S/c1-35-22(30)12-29-6-7-36-20-5-3-2-4-14(20)15-10-19(18(27)11-17(15)26)28-37(33,34)21-9-13(24(29)32)8-16(25)23(21)31/h2-5,8-11,28,31H,6-7,12H2,1H3. The van der Waals surface area contributed by atoms with Gasteiger partial charge in [0, 0.05) is 22.8 Å². The topological polar surface area (TPSA) is 122 Å². The van der Waals surface area contributed by atoms with Crippen LogP contribution in [0.3, 0.4) is 0 Å². The molecule has 4 rings (SSSR count). The number of amides is 1. The molecule has 0 fully saturated rings. The minimum absolute atomic E-state index is 0.156. The number of hydrogen-bond donors (Lipinski definition) is 2. The summed E-state index contributed by atoms with van der Waals surface area (Å²) in [6, 6.07) is 9.46. The number of ether oxygens (including phenoxy) is 2. The summed E-state index contributed by atoms with van der Waals surface area (Å²) in [5.74, 6) is -4.55. The third kappa shape index (κ3) is 5.30. The van der Waals surface area contributed by atoms with Gasteiger partial charge in [-0.15, -0.1) is 0 Å². The predicted molar refractivity (Wildman–Crippen MR) is 129 cm³/mol. The highest BCUT2D eigenvalue weighted by Crippen LogP contribution is 2.37. The molecular formula is C24H19ClF2N2O7S. The largest absolute Gasteiger partial charge is 0.505 e. The van der Waals surface area contributed by atoms with Gasteiger partial charge in [-0.1, -0.05) is 29.8 Å². The summed E-state index contributed by atoms with van der Waals surface area (Å²) in [5.41, 5.74) is -0.918. The first-order chi connectivity index (χ1) is 17.5. The molecule has 3 aromatic rings. The summed E-state index contributed by atoms with van der Waals surface area (Å²) in [7, 11) is -3.62. The van der Waals surface area contributed by atoms with Crippen LogP contribution in [-0.4, -0.2) is 57.1 Å². The molecule has 194 valence electrons. The molecule has 0 saturated heterocycles. The van der Waals surface area contributed by atoms with E-state index in [0.29, 0.717) is 6.07 Å². The van der Waals surface area contributed by atoms with Crippen LogP contribution in [0.4, 0.5) is 14.5 Å². The first-order valence-electron chi connectivity index (χ1n) is 10.6. The molecule has 0 atom stereocenters. The predicted octanol–water partition coefficient (Wildman–Crippen LogP) is 3.80. The van der Waals surface area contributed by atoms with Crippen LogP contribution in [0.5, 0.6) is 11.5 Å². The number of rotatable bonds is 2. The van der Waals surface area contributed by atoms with Crippen molar-refractivity contribution in [3.8, 4) is 22.6 Å². The molecule has 9 nitrogen and oxygen atoms in total. The normalized spacial score (nSPS) is 14.9. The Kier molecular flexibility index (Phi) is 7.23. The lowest BCUT2D eigenvalue weighted by molar-refractivity contribution is -0.141. The van der Waals surface area contributed by atoms with Crippen LogP contribution in [0, 0.1) is 11.6 Å². The van der Waals surface area contributed by atoms with E-state index in [-0.39, 0.29) is 35.6 Å². The van der Waals surface area contributed by atoms with E-state index < -0.39 is 61.4 Å². The monoisotopic (exact) mass is 552 g/mol. The van der Waals surface area contributed by atoms with Crippen molar-refractivity contribution in [1.82, 2.24) is 4.90 Å². The first-order valence-corrected chi connectivity index (χ1v) is 12.5. The van der Waals surface area contributed by atoms with Crippen molar-refractivity contribution in [1.29, 1.82) is 0 Å². The third-order valence-electron chi connectivity index (χ3n) is 5.50. The highest BCUT2D eigenvalue weighted by Gasteiger charge is 2.28. The van der Waals surface area contributed by atoms with Crippen molar-refractivity contribution in [2.75, 3.05) is 31.5 Å². The number of halogens is 3. The quantitative estimate of drug-likeness (QED) is 0.464. The van der Waals surface area contributed by atoms with Crippen LogP contribution in [0.15, 0.2) is 53.4 Å². The molecule has 2 N–H and O–H groups in total. The van der Waals surface area contributed by atoms with Crippen LogP contribution in [0.1, 0.15) is 10.4 Å². The van der Waals surface area contributed by atoms with Crippen LogP contribution in [0.2, 0.25) is 5.02 Å². The Balaban J connectivity index is 1.93. The lowest BCUT2D eigenvalue weighted by atomic mass is 10.0. The number of phenols is 1. The van der Waals surface area contributed by atoms with Crippen molar-refractivity contribution in [2.24, 2.45) is 0 Å². The summed E-state index contributed by atoms with van der Waals surface area (Å²) in [6.45, 7) is -0.845. The number of carbonyl (C=O) groups is 2. The van der Waals surface area contributed by atoms with Crippen LogP contribution < -0.4 is 9.46 Å². The van der Waals surface area contributed by atoms with E-state index in [1.807, 2.05) is 4.72 Å². The fraction of sp³-hybridized carbons (Fsp3) is 0.167. The zero-order chi connectivity index (χ0) is 26.9. The van der Waals surface area contributed by atoms with Crippen molar-refractivity contribution in [3.05, 3.63) is 70.8 Å². The van der Waals surface area contributed by atoms with Crippen LogP contribution >= 0.6 is 11.6 Å². The van der Waals surface area contributed by atoms with Gasteiger partial charge in [0.15, 0.2) is 5.75 Å². The molecular weight excluding hydrogens is 534 g/mol. The molecule has 1 aliphatic heterocycles. The summed E-state index contributed by atoms with van der Waals surface area (Å²) < 4.78 is 68.2.